The molecule has 6 nitrogen and oxygen atoms in total. The van der Waals surface area contributed by atoms with E-state index in [9.17, 15) is 14.4 Å². The van der Waals surface area contributed by atoms with Crippen molar-refractivity contribution in [2.24, 2.45) is 0 Å². The molecule has 0 aliphatic rings. The Hall–Kier alpha value is -4.19. The first-order chi connectivity index (χ1) is 40.5. The normalized spacial score (nSPS) is 12.9. The molecule has 0 radical (unpaired) electrons. The maximum Gasteiger partial charge on any atom is 0.306 e. The van der Waals surface area contributed by atoms with Crippen molar-refractivity contribution in [3.8, 4) is 0 Å². The number of esters is 3. The standard InChI is InChI=1S/C76H128O6/c1-4-7-10-13-16-19-22-25-28-30-31-32-33-34-35-36-37-38-39-40-41-42-43-44-45-47-48-51-54-57-60-63-66-69-75(78)81-72-73(71-80-74(77)68-65-62-59-56-53-50-27-24-21-18-15-12-9-6-3)82-76(79)70-67-64-61-58-55-52-49-46-29-26-23-20-17-14-11-8-5-2/h7,10,16-17,19-20,24-29,31-32,34-35,37-38,40-41,73H,4-6,8-9,11-15,18,21-23,30,33,36,39,42-72H2,1-3H3/b10-7-,19-16-,20-17-,27-24-,28-25-,29-26-,32-31-,35-34-,38-37-,41-40-. The van der Waals surface area contributed by atoms with Gasteiger partial charge in [-0.15, -0.1) is 0 Å². The van der Waals surface area contributed by atoms with E-state index in [4.69, 9.17) is 14.2 Å². The van der Waals surface area contributed by atoms with Crippen LogP contribution in [-0.4, -0.2) is 37.2 Å². The molecule has 0 aromatic carbocycles. The molecule has 0 N–H and O–H groups in total. The lowest BCUT2D eigenvalue weighted by molar-refractivity contribution is -0.167. The molecule has 0 saturated heterocycles. The van der Waals surface area contributed by atoms with E-state index < -0.39 is 6.10 Å². The molecule has 0 fully saturated rings. The van der Waals surface area contributed by atoms with Crippen LogP contribution in [0.25, 0.3) is 0 Å². The van der Waals surface area contributed by atoms with Crippen molar-refractivity contribution in [2.75, 3.05) is 13.2 Å². The van der Waals surface area contributed by atoms with Gasteiger partial charge in [0, 0.05) is 19.3 Å². The number of ether oxygens (including phenoxy) is 3. The van der Waals surface area contributed by atoms with Crippen LogP contribution in [0.5, 0.6) is 0 Å². The number of carbonyl (C=O) groups excluding carboxylic acids is 3. The summed E-state index contributed by atoms with van der Waals surface area (Å²) in [6.07, 6.45) is 96.4. The first kappa shape index (κ1) is 77.8. The van der Waals surface area contributed by atoms with Crippen LogP contribution in [0.4, 0.5) is 0 Å². The third-order valence-electron chi connectivity index (χ3n) is 14.7. The van der Waals surface area contributed by atoms with Crippen LogP contribution in [0.2, 0.25) is 0 Å². The number of allylic oxidation sites excluding steroid dienone is 20. The van der Waals surface area contributed by atoms with Crippen molar-refractivity contribution in [3.05, 3.63) is 122 Å². The van der Waals surface area contributed by atoms with Gasteiger partial charge < -0.3 is 14.2 Å². The first-order valence-electron chi connectivity index (χ1n) is 34.5. The maximum atomic E-state index is 12.9. The summed E-state index contributed by atoms with van der Waals surface area (Å²) in [6.45, 7) is 6.50. The Morgan fingerprint density at radius 2 is 0.476 bits per heavy atom. The van der Waals surface area contributed by atoms with Crippen molar-refractivity contribution >= 4 is 17.9 Å². The molecular weight excluding hydrogens is 1010 g/mol. The molecule has 1 unspecified atom stereocenters. The van der Waals surface area contributed by atoms with Gasteiger partial charge in [0.2, 0.25) is 0 Å². The Balaban J connectivity index is 4.27. The Bertz CT molecular complexity index is 1690. The summed E-state index contributed by atoms with van der Waals surface area (Å²) in [7, 11) is 0. The van der Waals surface area contributed by atoms with Crippen LogP contribution >= 0.6 is 0 Å². The number of rotatable bonds is 62. The molecule has 0 aliphatic heterocycles. The fourth-order valence-corrected chi connectivity index (χ4v) is 9.51. The maximum absolute atomic E-state index is 12.9. The molecule has 0 bridgehead atoms. The number of unbranched alkanes of at least 4 members (excludes halogenated alkanes) is 31. The molecule has 468 valence electrons. The first-order valence-corrected chi connectivity index (χ1v) is 34.5. The third kappa shape index (κ3) is 66.6. The average Bonchev–Trinajstić information content (AvgIpc) is 3.47. The highest BCUT2D eigenvalue weighted by molar-refractivity contribution is 5.71. The van der Waals surface area contributed by atoms with Gasteiger partial charge in [0.15, 0.2) is 6.10 Å². The molecular formula is C76H128O6. The summed E-state index contributed by atoms with van der Waals surface area (Å²) in [6, 6.07) is 0. The Morgan fingerprint density at radius 1 is 0.256 bits per heavy atom. The molecule has 0 heterocycles. The number of carbonyl (C=O) groups is 3. The van der Waals surface area contributed by atoms with E-state index in [1.54, 1.807) is 0 Å². The second-order valence-corrected chi connectivity index (χ2v) is 22.7. The minimum absolute atomic E-state index is 0.0855. The zero-order valence-electron chi connectivity index (χ0n) is 53.7. The molecule has 0 saturated carbocycles. The monoisotopic (exact) mass is 1140 g/mol. The largest absolute Gasteiger partial charge is 0.462 e. The Kier molecular flexibility index (Phi) is 65.8. The van der Waals surface area contributed by atoms with E-state index in [-0.39, 0.29) is 31.1 Å². The van der Waals surface area contributed by atoms with Gasteiger partial charge in [-0.2, -0.15) is 0 Å². The van der Waals surface area contributed by atoms with Crippen LogP contribution < -0.4 is 0 Å². The Morgan fingerprint density at radius 3 is 0.780 bits per heavy atom. The molecule has 0 aromatic heterocycles. The van der Waals surface area contributed by atoms with Gasteiger partial charge >= 0.3 is 17.9 Å². The summed E-state index contributed by atoms with van der Waals surface area (Å²) in [4.78, 5) is 38.4. The fourth-order valence-electron chi connectivity index (χ4n) is 9.51. The predicted molar refractivity (Wildman–Crippen MR) is 357 cm³/mol. The number of hydrogen-bond donors (Lipinski definition) is 0. The van der Waals surface area contributed by atoms with Crippen LogP contribution in [0.15, 0.2) is 122 Å². The minimum atomic E-state index is -0.790. The van der Waals surface area contributed by atoms with Gasteiger partial charge in [0.05, 0.1) is 0 Å². The third-order valence-corrected chi connectivity index (χ3v) is 14.7. The zero-order chi connectivity index (χ0) is 59.2. The summed E-state index contributed by atoms with van der Waals surface area (Å²) >= 11 is 0. The van der Waals surface area contributed by atoms with Gasteiger partial charge in [-0.25, -0.2) is 0 Å². The van der Waals surface area contributed by atoms with Crippen molar-refractivity contribution in [1.82, 2.24) is 0 Å². The lowest BCUT2D eigenvalue weighted by atomic mass is 10.0. The van der Waals surface area contributed by atoms with Crippen molar-refractivity contribution in [1.29, 1.82) is 0 Å². The summed E-state index contributed by atoms with van der Waals surface area (Å²) < 4.78 is 16.9. The summed E-state index contributed by atoms with van der Waals surface area (Å²) in [5.41, 5.74) is 0. The van der Waals surface area contributed by atoms with E-state index in [1.807, 2.05) is 0 Å². The van der Waals surface area contributed by atoms with E-state index in [0.717, 1.165) is 122 Å². The quantitative estimate of drug-likeness (QED) is 0.0261. The predicted octanol–water partition coefficient (Wildman–Crippen LogP) is 23.9. The van der Waals surface area contributed by atoms with Crippen molar-refractivity contribution < 1.29 is 28.6 Å². The van der Waals surface area contributed by atoms with E-state index in [1.165, 1.54) is 161 Å². The van der Waals surface area contributed by atoms with Gasteiger partial charge in [0.25, 0.3) is 0 Å². The second-order valence-electron chi connectivity index (χ2n) is 22.7. The van der Waals surface area contributed by atoms with Crippen LogP contribution in [-0.2, 0) is 28.6 Å². The Labute approximate surface area is 507 Å². The molecule has 0 aliphatic carbocycles. The second kappa shape index (κ2) is 69.3. The van der Waals surface area contributed by atoms with Crippen LogP contribution in [0.3, 0.4) is 0 Å². The van der Waals surface area contributed by atoms with Crippen molar-refractivity contribution in [3.63, 3.8) is 0 Å². The summed E-state index contributed by atoms with van der Waals surface area (Å²) in [5.74, 6) is -0.895. The van der Waals surface area contributed by atoms with Gasteiger partial charge in [-0.05, 0) is 135 Å². The number of hydrogen-bond acceptors (Lipinski definition) is 6. The summed E-state index contributed by atoms with van der Waals surface area (Å²) in [5, 5.41) is 0. The SMILES string of the molecule is CC/C=C\C/C=C\C/C=C\C/C=C\C/C=C\C/C=C\C/C=C\CCCCCCCCCCCCCC(=O)OCC(COC(=O)CCCCCCC/C=C\CCCCCCC)OC(=O)CCCCCCCCC/C=C\C/C=C\CCCCC. The molecule has 0 aromatic rings. The van der Waals surface area contributed by atoms with Gasteiger partial charge in [-0.1, -0.05) is 290 Å². The van der Waals surface area contributed by atoms with E-state index in [2.05, 4.69) is 142 Å². The van der Waals surface area contributed by atoms with Crippen LogP contribution in [0.1, 0.15) is 323 Å². The topological polar surface area (TPSA) is 78.9 Å². The van der Waals surface area contributed by atoms with Gasteiger partial charge in [-0.3, -0.25) is 14.4 Å². The lowest BCUT2D eigenvalue weighted by Gasteiger charge is -2.18. The highest BCUT2D eigenvalue weighted by atomic mass is 16.6. The highest BCUT2D eigenvalue weighted by Gasteiger charge is 2.19. The van der Waals surface area contributed by atoms with Crippen LogP contribution in [0, 0.1) is 0 Å². The fraction of sp³-hybridized carbons (Fsp3) is 0.697. The highest BCUT2D eigenvalue weighted by Crippen LogP contribution is 2.16. The minimum Gasteiger partial charge on any atom is -0.462 e. The molecule has 6 heteroatoms. The van der Waals surface area contributed by atoms with E-state index >= 15 is 0 Å². The molecule has 1 atom stereocenters. The van der Waals surface area contributed by atoms with Gasteiger partial charge in [0.1, 0.15) is 13.2 Å². The van der Waals surface area contributed by atoms with E-state index in [0.29, 0.717) is 19.3 Å². The molecule has 82 heavy (non-hydrogen) atoms. The molecule has 0 amide bonds. The molecule has 0 rings (SSSR count). The zero-order valence-corrected chi connectivity index (χ0v) is 53.7. The smallest absolute Gasteiger partial charge is 0.306 e. The average molecular weight is 1140 g/mol. The lowest BCUT2D eigenvalue weighted by Crippen LogP contribution is -2.30. The van der Waals surface area contributed by atoms with Crippen molar-refractivity contribution in [2.45, 2.75) is 329 Å². The molecule has 0 spiro atoms.